The van der Waals surface area contributed by atoms with E-state index in [0.29, 0.717) is 11.3 Å². The van der Waals surface area contributed by atoms with Crippen LogP contribution >= 0.6 is 0 Å². The van der Waals surface area contributed by atoms with Gasteiger partial charge in [0.25, 0.3) is 0 Å². The molecule has 0 radical (unpaired) electrons. The molecule has 0 amide bonds. The number of furan rings is 1. The van der Waals surface area contributed by atoms with Crippen LogP contribution in [-0.2, 0) is 14.3 Å². The minimum absolute atomic E-state index is 0.494. The van der Waals surface area contributed by atoms with Crippen LogP contribution in [0.1, 0.15) is 44.1 Å². The minimum Gasteiger partial charge on any atom is -0.468 e. The van der Waals surface area contributed by atoms with Gasteiger partial charge in [-0.15, -0.1) is 0 Å². The molecule has 27 heavy (non-hydrogen) atoms. The molecule has 1 aromatic heterocycles. The third-order valence-corrected chi connectivity index (χ3v) is 4.68. The minimum atomic E-state index is -1.71. The Bertz CT molecular complexity index is 849. The Hall–Kier alpha value is -2.91. The van der Waals surface area contributed by atoms with Gasteiger partial charge in [0.2, 0.25) is 5.54 Å². The molecule has 0 spiro atoms. The fourth-order valence-electron chi connectivity index (χ4n) is 3.62. The molecule has 1 N–H and O–H groups in total. The molecule has 2 aromatic rings. The molecule has 3 rings (SSSR count). The third kappa shape index (κ3) is 3.38. The number of hydrogen-bond donors (Lipinski definition) is 1. The number of nitrogens with zero attached hydrogens (tertiary/aromatic N) is 1. The Kier molecular flexibility index (Phi) is 4.90. The van der Waals surface area contributed by atoms with Crippen LogP contribution in [0.4, 0.5) is 0 Å². The molecule has 1 fully saturated rings. The summed E-state index contributed by atoms with van der Waals surface area (Å²) in [6.45, 7) is 5.22. The van der Waals surface area contributed by atoms with Gasteiger partial charge in [-0.1, -0.05) is 30.3 Å². The number of rotatable bonds is 4. The van der Waals surface area contributed by atoms with Crippen LogP contribution in [0.15, 0.2) is 53.1 Å². The van der Waals surface area contributed by atoms with E-state index in [1.807, 2.05) is 30.3 Å². The van der Waals surface area contributed by atoms with Crippen LogP contribution in [-0.4, -0.2) is 23.4 Å². The molecule has 1 aliphatic heterocycles. The molecule has 140 valence electrons. The Morgan fingerprint density at radius 1 is 1.26 bits per heavy atom. The van der Waals surface area contributed by atoms with E-state index in [4.69, 9.17) is 9.15 Å². The molecule has 4 atom stereocenters. The quantitative estimate of drug-likeness (QED) is 0.660. The zero-order valence-corrected chi connectivity index (χ0v) is 15.5. The summed E-state index contributed by atoms with van der Waals surface area (Å²) in [6.07, 6.45) is 2.28. The van der Waals surface area contributed by atoms with Crippen molar-refractivity contribution in [3.8, 4) is 6.07 Å². The van der Waals surface area contributed by atoms with Crippen molar-refractivity contribution in [3.05, 3.63) is 60.1 Å². The highest BCUT2D eigenvalue weighted by molar-refractivity contribution is 5.88. The zero-order valence-electron chi connectivity index (χ0n) is 15.5. The van der Waals surface area contributed by atoms with Crippen LogP contribution in [0.3, 0.4) is 0 Å². The number of ether oxygens (including phenoxy) is 1. The van der Waals surface area contributed by atoms with Crippen molar-refractivity contribution < 1.29 is 18.7 Å². The van der Waals surface area contributed by atoms with E-state index in [9.17, 15) is 14.9 Å². The first-order valence-electron chi connectivity index (χ1n) is 8.78. The molecular formula is C21H22N2O4. The summed E-state index contributed by atoms with van der Waals surface area (Å²) >= 11 is 0. The van der Waals surface area contributed by atoms with Gasteiger partial charge in [0.15, 0.2) is 0 Å². The summed E-state index contributed by atoms with van der Waals surface area (Å²) in [6, 6.07) is 14.0. The summed E-state index contributed by atoms with van der Waals surface area (Å²) in [4.78, 5) is 25.2. The van der Waals surface area contributed by atoms with Gasteiger partial charge < -0.3 is 13.9 Å². The Labute approximate surface area is 158 Å². The molecule has 6 heteroatoms. The van der Waals surface area contributed by atoms with Gasteiger partial charge in [0.1, 0.15) is 17.6 Å². The fraction of sp³-hybridized carbons (Fsp3) is 0.381. The van der Waals surface area contributed by atoms with Crippen LogP contribution in [0, 0.1) is 17.2 Å². The fourth-order valence-corrected chi connectivity index (χ4v) is 3.62. The van der Waals surface area contributed by atoms with E-state index in [2.05, 4.69) is 11.4 Å². The summed E-state index contributed by atoms with van der Waals surface area (Å²) in [7, 11) is 0. The maximum Gasteiger partial charge on any atom is 0.342 e. The molecule has 0 bridgehead atoms. The van der Waals surface area contributed by atoms with Crippen molar-refractivity contribution >= 4 is 12.3 Å². The molecule has 0 aliphatic carbocycles. The predicted octanol–water partition coefficient (Wildman–Crippen LogP) is 3.13. The highest BCUT2D eigenvalue weighted by atomic mass is 16.6. The second-order valence-corrected chi connectivity index (χ2v) is 7.66. The van der Waals surface area contributed by atoms with Gasteiger partial charge in [0.05, 0.1) is 18.4 Å². The first kappa shape index (κ1) is 18.9. The van der Waals surface area contributed by atoms with Gasteiger partial charge in [-0.2, -0.15) is 5.26 Å². The van der Waals surface area contributed by atoms with Crippen molar-refractivity contribution in [2.45, 2.75) is 43.9 Å². The molecule has 0 unspecified atom stereocenters. The average molecular weight is 366 g/mol. The van der Waals surface area contributed by atoms with Crippen LogP contribution in [0.5, 0.6) is 0 Å². The first-order chi connectivity index (χ1) is 12.8. The maximum absolute atomic E-state index is 13.1. The summed E-state index contributed by atoms with van der Waals surface area (Å²) in [5.41, 5.74) is -1.77. The van der Waals surface area contributed by atoms with Crippen molar-refractivity contribution in [2.24, 2.45) is 5.92 Å². The number of nitrogens with one attached hydrogen (secondary N) is 1. The SMILES string of the molecule is CC(C)(C)OC(=O)[C@]1(C#N)N[C@H](c2ccco2)[C@H](C=O)[C@H]1c1ccccc1. The number of carbonyl (C=O) groups excluding carboxylic acids is 2. The van der Waals surface area contributed by atoms with Gasteiger partial charge in [-0.25, -0.2) is 4.79 Å². The second kappa shape index (κ2) is 7.01. The van der Waals surface area contributed by atoms with Crippen molar-refractivity contribution in [3.63, 3.8) is 0 Å². The standard InChI is InChI=1S/C21H22N2O4/c1-20(2,3)27-19(25)21(13-22)17(14-8-5-4-6-9-14)15(12-24)18(23-21)16-10-7-11-26-16/h4-12,15,17-18,23H,1-3H3/t15-,17-,18+,21-/m1/s1. The average Bonchev–Trinajstić information content (AvgIpc) is 3.26. The van der Waals surface area contributed by atoms with Gasteiger partial charge in [-0.3, -0.25) is 5.32 Å². The van der Waals surface area contributed by atoms with E-state index in [1.165, 1.54) is 6.26 Å². The smallest absolute Gasteiger partial charge is 0.342 e. The second-order valence-electron chi connectivity index (χ2n) is 7.66. The summed E-state index contributed by atoms with van der Waals surface area (Å²) in [5, 5.41) is 13.2. The lowest BCUT2D eigenvalue weighted by molar-refractivity contribution is -0.160. The van der Waals surface area contributed by atoms with Crippen molar-refractivity contribution in [1.82, 2.24) is 5.32 Å². The normalized spacial score (nSPS) is 27.7. The molecule has 0 saturated carbocycles. The molecule has 2 heterocycles. The van der Waals surface area contributed by atoms with Crippen LogP contribution in [0.25, 0.3) is 0 Å². The molecule has 1 saturated heterocycles. The highest BCUT2D eigenvalue weighted by Gasteiger charge is 2.61. The lowest BCUT2D eigenvalue weighted by atomic mass is 9.75. The molecule has 1 aliphatic rings. The van der Waals surface area contributed by atoms with Crippen molar-refractivity contribution in [2.75, 3.05) is 0 Å². The van der Waals surface area contributed by atoms with Crippen LogP contribution < -0.4 is 5.32 Å². The number of hydrogen-bond acceptors (Lipinski definition) is 6. The largest absolute Gasteiger partial charge is 0.468 e. The highest BCUT2D eigenvalue weighted by Crippen LogP contribution is 2.48. The number of carbonyl (C=O) groups is 2. The van der Waals surface area contributed by atoms with Gasteiger partial charge >= 0.3 is 5.97 Å². The Morgan fingerprint density at radius 3 is 2.48 bits per heavy atom. The first-order valence-corrected chi connectivity index (χ1v) is 8.78. The number of esters is 1. The molecular weight excluding hydrogens is 344 g/mol. The maximum atomic E-state index is 13.1. The third-order valence-electron chi connectivity index (χ3n) is 4.68. The lowest BCUT2D eigenvalue weighted by Crippen LogP contribution is -2.53. The molecule has 1 aromatic carbocycles. The van der Waals surface area contributed by atoms with E-state index >= 15 is 0 Å². The summed E-state index contributed by atoms with van der Waals surface area (Å²) < 4.78 is 11.0. The Balaban J connectivity index is 2.15. The zero-order chi connectivity index (χ0) is 19.7. The van der Waals surface area contributed by atoms with Crippen LogP contribution in [0.2, 0.25) is 0 Å². The van der Waals surface area contributed by atoms with E-state index in [-0.39, 0.29) is 0 Å². The monoisotopic (exact) mass is 366 g/mol. The lowest BCUT2D eigenvalue weighted by Gasteiger charge is -2.31. The number of nitriles is 1. The van der Waals surface area contributed by atoms with Crippen molar-refractivity contribution in [1.29, 1.82) is 5.26 Å². The van der Waals surface area contributed by atoms with Gasteiger partial charge in [0, 0.05) is 11.8 Å². The number of benzene rings is 1. The van der Waals surface area contributed by atoms with E-state index in [1.54, 1.807) is 32.9 Å². The van der Waals surface area contributed by atoms with E-state index in [0.717, 1.165) is 6.29 Å². The summed E-state index contributed by atoms with van der Waals surface area (Å²) in [5.74, 6) is -1.60. The number of aldehydes is 1. The Morgan fingerprint density at radius 2 is 1.96 bits per heavy atom. The van der Waals surface area contributed by atoms with Gasteiger partial charge in [-0.05, 0) is 38.5 Å². The molecule has 6 nitrogen and oxygen atoms in total. The predicted molar refractivity (Wildman–Crippen MR) is 97.5 cm³/mol. The topological polar surface area (TPSA) is 92.3 Å². The van der Waals surface area contributed by atoms with E-state index < -0.39 is 35.0 Å².